The lowest BCUT2D eigenvalue weighted by atomic mass is 10.4. The molecule has 0 unspecified atom stereocenters. The van der Waals surface area contributed by atoms with Crippen LogP contribution in [0.5, 0.6) is 0 Å². The van der Waals surface area contributed by atoms with E-state index in [9.17, 15) is 0 Å². The van der Waals surface area contributed by atoms with E-state index in [2.05, 4.69) is 15.3 Å². The SMILES string of the molecule is CCc1cnc(CNc2ncccc2N)o1. The number of aryl methyl sites for hydroxylation is 1. The molecule has 0 saturated carbocycles. The Morgan fingerprint density at radius 3 is 3.00 bits per heavy atom. The highest BCUT2D eigenvalue weighted by Gasteiger charge is 2.03. The summed E-state index contributed by atoms with van der Waals surface area (Å²) in [5.41, 5.74) is 6.36. The Hall–Kier alpha value is -2.04. The van der Waals surface area contributed by atoms with Crippen molar-refractivity contribution in [3.8, 4) is 0 Å². The number of pyridine rings is 1. The van der Waals surface area contributed by atoms with E-state index in [1.165, 1.54) is 0 Å². The van der Waals surface area contributed by atoms with Crippen LogP contribution in [0.1, 0.15) is 18.6 Å². The summed E-state index contributed by atoms with van der Waals surface area (Å²) < 4.78 is 5.45. The topological polar surface area (TPSA) is 77.0 Å². The molecule has 0 aromatic carbocycles. The fourth-order valence-corrected chi connectivity index (χ4v) is 1.32. The first-order valence-corrected chi connectivity index (χ1v) is 5.17. The quantitative estimate of drug-likeness (QED) is 0.818. The summed E-state index contributed by atoms with van der Waals surface area (Å²) in [4.78, 5) is 8.25. The van der Waals surface area contributed by atoms with Crippen LogP contribution in [0, 0.1) is 0 Å². The molecule has 0 aliphatic carbocycles. The van der Waals surface area contributed by atoms with E-state index >= 15 is 0 Å². The maximum Gasteiger partial charge on any atom is 0.213 e. The number of anilines is 2. The van der Waals surface area contributed by atoms with Gasteiger partial charge in [-0.3, -0.25) is 0 Å². The highest BCUT2D eigenvalue weighted by molar-refractivity contribution is 5.60. The molecule has 84 valence electrons. The molecule has 2 aromatic heterocycles. The fourth-order valence-electron chi connectivity index (χ4n) is 1.32. The molecule has 0 atom stereocenters. The third-order valence-corrected chi connectivity index (χ3v) is 2.20. The molecule has 0 aliphatic heterocycles. The van der Waals surface area contributed by atoms with Crippen molar-refractivity contribution in [3.63, 3.8) is 0 Å². The fraction of sp³-hybridized carbons (Fsp3) is 0.273. The Morgan fingerprint density at radius 1 is 1.44 bits per heavy atom. The average molecular weight is 218 g/mol. The molecule has 5 nitrogen and oxygen atoms in total. The van der Waals surface area contributed by atoms with Gasteiger partial charge in [-0.15, -0.1) is 0 Å². The number of nitrogen functional groups attached to an aromatic ring is 1. The van der Waals surface area contributed by atoms with Gasteiger partial charge in [0.2, 0.25) is 5.89 Å². The summed E-state index contributed by atoms with van der Waals surface area (Å²) in [7, 11) is 0. The van der Waals surface area contributed by atoms with Gasteiger partial charge in [-0.05, 0) is 12.1 Å². The second-order valence-electron chi connectivity index (χ2n) is 3.37. The third-order valence-electron chi connectivity index (χ3n) is 2.20. The maximum atomic E-state index is 5.74. The van der Waals surface area contributed by atoms with Crippen LogP contribution in [0.3, 0.4) is 0 Å². The van der Waals surface area contributed by atoms with Crippen molar-refractivity contribution in [1.29, 1.82) is 0 Å². The minimum Gasteiger partial charge on any atom is -0.444 e. The standard InChI is InChI=1S/C11H14N4O/c1-2-8-6-14-10(16-8)7-15-11-9(12)4-3-5-13-11/h3-6H,2,7,12H2,1H3,(H,13,15). The Balaban J connectivity index is 1.99. The molecule has 16 heavy (non-hydrogen) atoms. The van der Waals surface area contributed by atoms with Gasteiger partial charge in [-0.25, -0.2) is 9.97 Å². The maximum absolute atomic E-state index is 5.74. The van der Waals surface area contributed by atoms with E-state index in [4.69, 9.17) is 10.2 Å². The average Bonchev–Trinajstić information content (AvgIpc) is 2.76. The van der Waals surface area contributed by atoms with Gasteiger partial charge in [0.1, 0.15) is 11.6 Å². The van der Waals surface area contributed by atoms with Crippen LogP contribution in [0.25, 0.3) is 0 Å². The van der Waals surface area contributed by atoms with Crippen molar-refractivity contribution < 1.29 is 4.42 Å². The molecule has 5 heteroatoms. The van der Waals surface area contributed by atoms with Gasteiger partial charge in [0, 0.05) is 12.6 Å². The van der Waals surface area contributed by atoms with E-state index in [1.807, 2.05) is 6.92 Å². The lowest BCUT2D eigenvalue weighted by Crippen LogP contribution is -2.04. The summed E-state index contributed by atoms with van der Waals surface area (Å²) in [6.07, 6.45) is 4.27. The predicted octanol–water partition coefficient (Wildman–Crippen LogP) is 1.83. The molecule has 0 radical (unpaired) electrons. The number of nitrogens with one attached hydrogen (secondary N) is 1. The van der Waals surface area contributed by atoms with Crippen LogP contribution in [-0.4, -0.2) is 9.97 Å². The van der Waals surface area contributed by atoms with Crippen molar-refractivity contribution in [2.75, 3.05) is 11.1 Å². The molecule has 0 bridgehead atoms. The summed E-state index contributed by atoms with van der Waals surface area (Å²) in [5.74, 6) is 2.17. The molecular weight excluding hydrogens is 204 g/mol. The summed E-state index contributed by atoms with van der Waals surface area (Å²) in [6, 6.07) is 3.59. The molecule has 2 heterocycles. The molecular formula is C11H14N4O. The van der Waals surface area contributed by atoms with Gasteiger partial charge in [-0.1, -0.05) is 6.92 Å². The molecule has 0 spiro atoms. The third kappa shape index (κ3) is 2.31. The number of aromatic nitrogens is 2. The Morgan fingerprint density at radius 2 is 2.31 bits per heavy atom. The molecule has 0 fully saturated rings. The van der Waals surface area contributed by atoms with Gasteiger partial charge >= 0.3 is 0 Å². The van der Waals surface area contributed by atoms with Crippen molar-refractivity contribution >= 4 is 11.5 Å². The number of rotatable bonds is 4. The number of oxazole rings is 1. The van der Waals surface area contributed by atoms with Crippen molar-refractivity contribution in [2.45, 2.75) is 19.9 Å². The molecule has 2 rings (SSSR count). The smallest absolute Gasteiger partial charge is 0.213 e. The Kier molecular flexibility index (Phi) is 3.05. The van der Waals surface area contributed by atoms with Crippen molar-refractivity contribution in [2.24, 2.45) is 0 Å². The van der Waals surface area contributed by atoms with Gasteiger partial charge in [0.15, 0.2) is 0 Å². The second-order valence-corrected chi connectivity index (χ2v) is 3.37. The van der Waals surface area contributed by atoms with Crippen molar-refractivity contribution in [1.82, 2.24) is 9.97 Å². The number of nitrogens with zero attached hydrogens (tertiary/aromatic N) is 2. The molecule has 0 amide bonds. The minimum absolute atomic E-state index is 0.487. The van der Waals surface area contributed by atoms with Crippen LogP contribution < -0.4 is 11.1 Å². The summed E-state index contributed by atoms with van der Waals surface area (Å²) >= 11 is 0. The first kappa shape index (κ1) is 10.5. The normalized spacial score (nSPS) is 10.3. The minimum atomic E-state index is 0.487. The van der Waals surface area contributed by atoms with Crippen molar-refractivity contribution in [3.05, 3.63) is 36.2 Å². The molecule has 0 aliphatic rings. The van der Waals surface area contributed by atoms with Gasteiger partial charge in [0.05, 0.1) is 18.4 Å². The Labute approximate surface area is 93.7 Å². The van der Waals surface area contributed by atoms with Crippen LogP contribution in [0.4, 0.5) is 11.5 Å². The van der Waals surface area contributed by atoms with Gasteiger partial charge < -0.3 is 15.5 Å². The summed E-state index contributed by atoms with van der Waals surface area (Å²) in [5, 5.41) is 3.07. The van der Waals surface area contributed by atoms with E-state index < -0.39 is 0 Å². The van der Waals surface area contributed by atoms with E-state index in [-0.39, 0.29) is 0 Å². The van der Waals surface area contributed by atoms with Gasteiger partial charge in [-0.2, -0.15) is 0 Å². The first-order valence-electron chi connectivity index (χ1n) is 5.17. The zero-order valence-electron chi connectivity index (χ0n) is 9.10. The van der Waals surface area contributed by atoms with Crippen LogP contribution in [-0.2, 0) is 13.0 Å². The number of nitrogens with two attached hydrogens (primary N) is 1. The zero-order chi connectivity index (χ0) is 11.4. The largest absolute Gasteiger partial charge is 0.444 e. The lowest BCUT2D eigenvalue weighted by Gasteiger charge is -2.04. The first-order chi connectivity index (χ1) is 7.79. The molecule has 0 saturated heterocycles. The number of hydrogen-bond acceptors (Lipinski definition) is 5. The highest BCUT2D eigenvalue weighted by Crippen LogP contribution is 2.14. The predicted molar refractivity (Wildman–Crippen MR) is 61.9 cm³/mol. The van der Waals surface area contributed by atoms with E-state index in [1.54, 1.807) is 24.5 Å². The second kappa shape index (κ2) is 4.65. The van der Waals surface area contributed by atoms with Crippen LogP contribution in [0.2, 0.25) is 0 Å². The van der Waals surface area contributed by atoms with E-state index in [0.717, 1.165) is 12.2 Å². The Bertz CT molecular complexity index is 467. The molecule has 2 aromatic rings. The van der Waals surface area contributed by atoms with Crippen LogP contribution >= 0.6 is 0 Å². The molecule has 3 N–H and O–H groups in total. The number of hydrogen-bond donors (Lipinski definition) is 2. The lowest BCUT2D eigenvalue weighted by molar-refractivity contribution is 0.465. The summed E-state index contributed by atoms with van der Waals surface area (Å²) in [6.45, 7) is 2.51. The van der Waals surface area contributed by atoms with Crippen LogP contribution in [0.15, 0.2) is 28.9 Å². The van der Waals surface area contributed by atoms with E-state index in [0.29, 0.717) is 23.9 Å². The highest BCUT2D eigenvalue weighted by atomic mass is 16.4. The van der Waals surface area contributed by atoms with Gasteiger partial charge in [0.25, 0.3) is 0 Å². The zero-order valence-corrected chi connectivity index (χ0v) is 9.10. The monoisotopic (exact) mass is 218 g/mol.